The van der Waals surface area contributed by atoms with Crippen molar-refractivity contribution >= 4 is 35.1 Å². The maximum atomic E-state index is 14.0. The van der Waals surface area contributed by atoms with Crippen molar-refractivity contribution in [3.8, 4) is 5.75 Å². The van der Waals surface area contributed by atoms with Crippen LogP contribution < -0.4 is 4.74 Å². The molecule has 1 saturated heterocycles. The van der Waals surface area contributed by atoms with E-state index >= 15 is 0 Å². The molecule has 0 spiro atoms. The lowest BCUT2D eigenvalue weighted by atomic mass is 9.54. The first-order valence-corrected chi connectivity index (χ1v) is 15.2. The van der Waals surface area contributed by atoms with E-state index in [0.717, 1.165) is 42.8 Å². The van der Waals surface area contributed by atoms with Gasteiger partial charge in [0.15, 0.2) is 0 Å². The van der Waals surface area contributed by atoms with E-state index in [0.29, 0.717) is 36.0 Å². The van der Waals surface area contributed by atoms with Crippen molar-refractivity contribution in [3.63, 3.8) is 0 Å². The van der Waals surface area contributed by atoms with Gasteiger partial charge in [0.2, 0.25) is 5.91 Å². The molecule has 0 N–H and O–H groups in total. The fraction of sp³-hybridized carbons (Fsp3) is 0.515. The molecule has 0 unspecified atom stereocenters. The Hall–Kier alpha value is -2.54. The molecule has 0 radical (unpaired) electrons. The van der Waals surface area contributed by atoms with Crippen molar-refractivity contribution in [2.45, 2.75) is 69.9 Å². The highest BCUT2D eigenvalue weighted by Gasteiger charge is 2.61. The zero-order chi connectivity index (χ0) is 29.8. The Morgan fingerprint density at radius 3 is 2.61 bits per heavy atom. The van der Waals surface area contributed by atoms with Crippen LogP contribution in [0.5, 0.6) is 5.75 Å². The van der Waals surface area contributed by atoms with Crippen LogP contribution in [0, 0.1) is 5.92 Å². The van der Waals surface area contributed by atoms with Gasteiger partial charge in [-0.05, 0) is 73.5 Å². The number of fused-ring (bicyclic) bond motifs is 1. The molecule has 2 aliphatic rings. The number of benzene rings is 2. The number of hydrogen-bond donors (Lipinski definition) is 0. The molecule has 4 rings (SSSR count). The minimum absolute atomic E-state index is 0.0199. The molecule has 1 saturated carbocycles. The highest BCUT2D eigenvalue weighted by molar-refractivity contribution is 6.42. The number of halogens is 2. The topological polar surface area (TPSA) is 59.1 Å². The molecule has 8 heteroatoms. The van der Waals surface area contributed by atoms with Crippen LogP contribution in [-0.2, 0) is 26.2 Å². The zero-order valence-corrected chi connectivity index (χ0v) is 26.1. The monoisotopic (exact) mass is 600 g/mol. The largest absolute Gasteiger partial charge is 0.497 e. The number of likely N-dealkylation sites (tertiary alicyclic amines) is 1. The molecule has 1 amide bonds. The van der Waals surface area contributed by atoms with E-state index in [2.05, 4.69) is 42.4 Å². The first-order chi connectivity index (χ1) is 19.5. The SMILES string of the molecule is C=CCN1CC[C@@]2(c3cccc(OC)c3)C[C@@H](N(CC(C)C)C(=O)Cc3ccc(Cl)c(Cl)c3)CC[C@]2(OC(C)=O)C1. The van der Waals surface area contributed by atoms with Crippen LogP contribution in [0.15, 0.2) is 55.1 Å². The highest BCUT2D eigenvalue weighted by Crippen LogP contribution is 2.55. The van der Waals surface area contributed by atoms with Crippen LogP contribution in [-0.4, -0.2) is 66.6 Å². The van der Waals surface area contributed by atoms with Gasteiger partial charge in [-0.2, -0.15) is 0 Å². The van der Waals surface area contributed by atoms with E-state index in [1.54, 1.807) is 19.2 Å². The van der Waals surface area contributed by atoms with Gasteiger partial charge in [-0.15, -0.1) is 6.58 Å². The number of carbonyl (C=O) groups excluding carboxylic acids is 2. The summed E-state index contributed by atoms with van der Waals surface area (Å²) in [5.74, 6) is 0.826. The molecule has 41 heavy (non-hydrogen) atoms. The Bertz CT molecular complexity index is 1270. The first-order valence-electron chi connectivity index (χ1n) is 14.4. The molecule has 1 heterocycles. The number of amides is 1. The molecular weight excluding hydrogens is 559 g/mol. The second-order valence-corrected chi connectivity index (χ2v) is 12.8. The minimum Gasteiger partial charge on any atom is -0.497 e. The molecule has 2 aromatic carbocycles. The third-order valence-corrected chi connectivity index (χ3v) is 9.42. The second kappa shape index (κ2) is 13.2. The summed E-state index contributed by atoms with van der Waals surface area (Å²) < 4.78 is 12.0. The molecule has 0 aromatic heterocycles. The quantitative estimate of drug-likeness (QED) is 0.224. The number of piperidine rings is 1. The Kier molecular flexibility index (Phi) is 10.1. The number of nitrogens with zero attached hydrogens (tertiary/aromatic N) is 2. The summed E-state index contributed by atoms with van der Waals surface area (Å²) in [6.45, 7) is 12.5. The summed E-state index contributed by atoms with van der Waals surface area (Å²) in [5, 5.41) is 0.915. The van der Waals surface area contributed by atoms with E-state index in [1.165, 1.54) is 6.92 Å². The number of esters is 1. The van der Waals surface area contributed by atoms with Crippen molar-refractivity contribution in [1.29, 1.82) is 0 Å². The normalized spacial score (nSPS) is 24.4. The zero-order valence-electron chi connectivity index (χ0n) is 24.6. The number of ether oxygens (including phenoxy) is 2. The smallest absolute Gasteiger partial charge is 0.303 e. The van der Waals surface area contributed by atoms with Gasteiger partial charge in [0.25, 0.3) is 0 Å². The summed E-state index contributed by atoms with van der Waals surface area (Å²) in [7, 11) is 1.67. The summed E-state index contributed by atoms with van der Waals surface area (Å²) in [6, 6.07) is 13.5. The Morgan fingerprint density at radius 2 is 1.95 bits per heavy atom. The van der Waals surface area contributed by atoms with E-state index < -0.39 is 11.0 Å². The molecule has 6 nitrogen and oxygen atoms in total. The van der Waals surface area contributed by atoms with Gasteiger partial charge in [-0.3, -0.25) is 14.5 Å². The number of rotatable bonds is 10. The highest BCUT2D eigenvalue weighted by atomic mass is 35.5. The van der Waals surface area contributed by atoms with Gasteiger partial charge >= 0.3 is 5.97 Å². The standard InChI is InChI=1S/C33H42Cl2N2O4/c1-6-15-36-16-14-32(26-8-7-9-28(19-26)40-5)20-27(12-13-33(32,22-36)41-24(4)38)37(21-23(2)3)31(39)18-25-10-11-29(34)30(35)17-25/h6-11,17,19,23,27H,1,12-16,18,20-22H2,2-5H3/t27-,32-,33-/m0/s1. The van der Waals surface area contributed by atoms with Crippen molar-refractivity contribution in [2.24, 2.45) is 5.92 Å². The van der Waals surface area contributed by atoms with Crippen molar-refractivity contribution in [2.75, 3.05) is 33.3 Å². The van der Waals surface area contributed by atoms with Crippen LogP contribution in [0.2, 0.25) is 10.0 Å². The lowest BCUT2D eigenvalue weighted by Gasteiger charge is -2.60. The molecular formula is C33H42Cl2N2O4. The lowest BCUT2D eigenvalue weighted by molar-refractivity contribution is -0.190. The average molecular weight is 602 g/mol. The fourth-order valence-electron chi connectivity index (χ4n) is 6.96. The predicted octanol–water partition coefficient (Wildman–Crippen LogP) is 6.71. The number of carbonyl (C=O) groups is 2. The van der Waals surface area contributed by atoms with Gasteiger partial charge in [0.1, 0.15) is 11.4 Å². The van der Waals surface area contributed by atoms with Crippen molar-refractivity contribution in [3.05, 3.63) is 76.3 Å². The molecule has 0 bridgehead atoms. The summed E-state index contributed by atoms with van der Waals surface area (Å²) in [6.07, 6.45) is 5.01. The molecule has 222 valence electrons. The van der Waals surface area contributed by atoms with Gasteiger partial charge in [0.05, 0.1) is 23.6 Å². The van der Waals surface area contributed by atoms with E-state index in [1.807, 2.05) is 24.3 Å². The predicted molar refractivity (Wildman–Crippen MR) is 165 cm³/mol. The maximum absolute atomic E-state index is 14.0. The van der Waals surface area contributed by atoms with E-state index in [4.69, 9.17) is 32.7 Å². The van der Waals surface area contributed by atoms with E-state index in [-0.39, 0.29) is 30.3 Å². The van der Waals surface area contributed by atoms with Gasteiger partial charge < -0.3 is 14.4 Å². The third kappa shape index (κ3) is 6.76. The van der Waals surface area contributed by atoms with Crippen molar-refractivity contribution < 1.29 is 19.1 Å². The summed E-state index contributed by atoms with van der Waals surface area (Å²) in [4.78, 5) is 31.0. The molecule has 2 aromatic rings. The van der Waals surface area contributed by atoms with Crippen LogP contribution in [0.25, 0.3) is 0 Å². The van der Waals surface area contributed by atoms with Gasteiger partial charge in [-0.1, -0.05) is 61.3 Å². The lowest BCUT2D eigenvalue weighted by Crippen LogP contribution is -2.69. The molecule has 2 fully saturated rings. The summed E-state index contributed by atoms with van der Waals surface area (Å²) in [5.41, 5.74) is 0.692. The first kappa shape index (κ1) is 31.4. The van der Waals surface area contributed by atoms with E-state index in [9.17, 15) is 9.59 Å². The van der Waals surface area contributed by atoms with Crippen molar-refractivity contribution in [1.82, 2.24) is 9.80 Å². The minimum atomic E-state index is -0.737. The van der Waals surface area contributed by atoms with Gasteiger partial charge in [0, 0.05) is 38.0 Å². The van der Waals surface area contributed by atoms with Crippen LogP contribution >= 0.6 is 23.2 Å². The number of methoxy groups -OCH3 is 1. The Balaban J connectivity index is 1.76. The van der Waals surface area contributed by atoms with Gasteiger partial charge in [-0.25, -0.2) is 0 Å². The molecule has 1 aliphatic carbocycles. The fourth-order valence-corrected chi connectivity index (χ4v) is 7.28. The third-order valence-electron chi connectivity index (χ3n) is 8.68. The van der Waals surface area contributed by atoms with Crippen LogP contribution in [0.4, 0.5) is 0 Å². The molecule has 3 atom stereocenters. The molecule has 1 aliphatic heterocycles. The number of hydrogen-bond acceptors (Lipinski definition) is 5. The summed E-state index contributed by atoms with van der Waals surface area (Å²) >= 11 is 12.4. The van der Waals surface area contributed by atoms with Crippen LogP contribution in [0.1, 0.15) is 57.6 Å². The maximum Gasteiger partial charge on any atom is 0.303 e. The second-order valence-electron chi connectivity index (χ2n) is 11.9. The Morgan fingerprint density at radius 1 is 1.17 bits per heavy atom. The van der Waals surface area contributed by atoms with Crippen LogP contribution in [0.3, 0.4) is 0 Å². The average Bonchev–Trinajstić information content (AvgIpc) is 2.93. The Labute approximate surface area is 254 Å².